The largest absolute Gasteiger partial charge is 0.497 e. The van der Waals surface area contributed by atoms with Crippen molar-refractivity contribution >= 4 is 5.91 Å². The van der Waals surface area contributed by atoms with E-state index in [1.807, 2.05) is 52.0 Å². The van der Waals surface area contributed by atoms with Crippen LogP contribution in [-0.2, 0) is 0 Å². The van der Waals surface area contributed by atoms with E-state index in [-0.39, 0.29) is 11.4 Å². The van der Waals surface area contributed by atoms with Crippen molar-refractivity contribution in [2.75, 3.05) is 7.11 Å². The van der Waals surface area contributed by atoms with E-state index in [0.717, 1.165) is 11.4 Å². The Balaban J connectivity index is 2.29. The third-order valence-corrected chi connectivity index (χ3v) is 2.92. The molecule has 0 aliphatic carbocycles. The molecule has 0 radical (unpaired) electrons. The molecular formula is C15H20N4O2. The maximum absolute atomic E-state index is 12.2. The van der Waals surface area contributed by atoms with Gasteiger partial charge in [-0.1, -0.05) is 5.21 Å². The second-order valence-electron chi connectivity index (χ2n) is 5.84. The van der Waals surface area contributed by atoms with Gasteiger partial charge in [-0.05, 0) is 52.0 Å². The molecule has 0 spiro atoms. The van der Waals surface area contributed by atoms with Crippen LogP contribution in [0.4, 0.5) is 0 Å². The van der Waals surface area contributed by atoms with Crippen LogP contribution in [0.5, 0.6) is 5.75 Å². The molecule has 0 saturated heterocycles. The molecule has 1 aromatic heterocycles. The number of carbonyl (C=O) groups excluding carboxylic acids is 1. The lowest BCUT2D eigenvalue weighted by atomic mass is 10.1. The van der Waals surface area contributed by atoms with E-state index in [1.54, 1.807) is 11.8 Å². The standard InChI is InChI=1S/C15H20N4O2/c1-10-13(14(20)16-15(2,3)4)17-18-19(10)11-6-8-12(21-5)9-7-11/h6-9H,1-5H3,(H,16,20). The van der Waals surface area contributed by atoms with Crippen molar-refractivity contribution in [1.29, 1.82) is 0 Å². The Morgan fingerprint density at radius 1 is 1.24 bits per heavy atom. The van der Waals surface area contributed by atoms with E-state index in [9.17, 15) is 4.79 Å². The number of aromatic nitrogens is 3. The van der Waals surface area contributed by atoms with Gasteiger partial charge in [0.15, 0.2) is 5.69 Å². The molecule has 6 nitrogen and oxygen atoms in total. The van der Waals surface area contributed by atoms with E-state index >= 15 is 0 Å². The Labute approximate surface area is 124 Å². The molecule has 0 bridgehead atoms. The average Bonchev–Trinajstić information content (AvgIpc) is 2.79. The third kappa shape index (κ3) is 3.39. The van der Waals surface area contributed by atoms with Crippen molar-refractivity contribution in [3.8, 4) is 11.4 Å². The van der Waals surface area contributed by atoms with Gasteiger partial charge in [0.2, 0.25) is 0 Å². The van der Waals surface area contributed by atoms with E-state index in [4.69, 9.17) is 4.74 Å². The van der Waals surface area contributed by atoms with Crippen molar-refractivity contribution in [3.63, 3.8) is 0 Å². The second-order valence-corrected chi connectivity index (χ2v) is 5.84. The molecule has 1 aromatic carbocycles. The van der Waals surface area contributed by atoms with Gasteiger partial charge in [-0.25, -0.2) is 4.68 Å². The maximum Gasteiger partial charge on any atom is 0.274 e. The first-order chi connectivity index (χ1) is 9.81. The van der Waals surface area contributed by atoms with Gasteiger partial charge in [-0.15, -0.1) is 5.10 Å². The molecule has 0 saturated carbocycles. The Morgan fingerprint density at radius 2 is 1.86 bits per heavy atom. The lowest BCUT2D eigenvalue weighted by Crippen LogP contribution is -2.41. The Hall–Kier alpha value is -2.37. The SMILES string of the molecule is COc1ccc(-n2nnc(C(=O)NC(C)(C)C)c2C)cc1. The highest BCUT2D eigenvalue weighted by atomic mass is 16.5. The number of hydrogen-bond acceptors (Lipinski definition) is 4. The minimum atomic E-state index is -0.312. The smallest absolute Gasteiger partial charge is 0.274 e. The fraction of sp³-hybridized carbons (Fsp3) is 0.400. The molecular weight excluding hydrogens is 268 g/mol. The van der Waals surface area contributed by atoms with Crippen LogP contribution >= 0.6 is 0 Å². The van der Waals surface area contributed by atoms with E-state index < -0.39 is 0 Å². The molecule has 0 aliphatic heterocycles. The summed E-state index contributed by atoms with van der Waals surface area (Å²) in [6.07, 6.45) is 0. The van der Waals surface area contributed by atoms with Crippen molar-refractivity contribution in [1.82, 2.24) is 20.3 Å². The second kappa shape index (κ2) is 5.55. The molecule has 1 heterocycles. The summed E-state index contributed by atoms with van der Waals surface area (Å²) >= 11 is 0. The third-order valence-electron chi connectivity index (χ3n) is 2.92. The number of nitrogens with one attached hydrogen (secondary N) is 1. The Morgan fingerprint density at radius 3 is 2.38 bits per heavy atom. The van der Waals surface area contributed by atoms with Crippen LogP contribution in [-0.4, -0.2) is 33.5 Å². The zero-order valence-corrected chi connectivity index (χ0v) is 13.0. The number of hydrogen-bond donors (Lipinski definition) is 1. The van der Waals surface area contributed by atoms with Gasteiger partial charge in [0.05, 0.1) is 18.5 Å². The van der Waals surface area contributed by atoms with Crippen LogP contribution in [0.1, 0.15) is 37.0 Å². The molecule has 2 aromatic rings. The van der Waals surface area contributed by atoms with Gasteiger partial charge in [0.1, 0.15) is 5.75 Å². The summed E-state index contributed by atoms with van der Waals surface area (Å²) in [6, 6.07) is 7.41. The number of carbonyl (C=O) groups is 1. The van der Waals surface area contributed by atoms with Crippen LogP contribution in [0.15, 0.2) is 24.3 Å². The van der Waals surface area contributed by atoms with E-state index in [1.165, 1.54) is 0 Å². The molecule has 6 heteroatoms. The predicted octanol–water partition coefficient (Wildman–Crippen LogP) is 2.11. The van der Waals surface area contributed by atoms with Gasteiger partial charge < -0.3 is 10.1 Å². The van der Waals surface area contributed by atoms with Gasteiger partial charge in [-0.2, -0.15) is 0 Å². The maximum atomic E-state index is 12.2. The Kier molecular flexibility index (Phi) is 3.97. The molecule has 1 amide bonds. The molecule has 2 rings (SSSR count). The number of methoxy groups -OCH3 is 1. The molecule has 0 unspecified atom stereocenters. The first-order valence-corrected chi connectivity index (χ1v) is 6.71. The van der Waals surface area contributed by atoms with Crippen LogP contribution in [0.3, 0.4) is 0 Å². The molecule has 112 valence electrons. The average molecular weight is 288 g/mol. The first kappa shape index (κ1) is 15.0. The van der Waals surface area contributed by atoms with Crippen LogP contribution in [0.25, 0.3) is 5.69 Å². The van der Waals surface area contributed by atoms with Crippen molar-refractivity contribution < 1.29 is 9.53 Å². The summed E-state index contributed by atoms with van der Waals surface area (Å²) in [6.45, 7) is 7.60. The molecule has 1 N–H and O–H groups in total. The Bertz CT molecular complexity index is 639. The molecule has 21 heavy (non-hydrogen) atoms. The molecule has 0 aliphatic rings. The minimum Gasteiger partial charge on any atom is -0.497 e. The minimum absolute atomic E-state index is 0.222. The van der Waals surface area contributed by atoms with Crippen molar-refractivity contribution in [3.05, 3.63) is 35.7 Å². The van der Waals surface area contributed by atoms with Gasteiger partial charge in [-0.3, -0.25) is 4.79 Å². The fourth-order valence-corrected chi connectivity index (χ4v) is 1.91. The summed E-state index contributed by atoms with van der Waals surface area (Å²) in [5.41, 5.74) is 1.55. The molecule has 0 fully saturated rings. The highest BCUT2D eigenvalue weighted by Gasteiger charge is 2.21. The normalized spacial score (nSPS) is 11.3. The van der Waals surface area contributed by atoms with Gasteiger partial charge in [0.25, 0.3) is 5.91 Å². The summed E-state index contributed by atoms with van der Waals surface area (Å²) in [5.74, 6) is 0.543. The molecule has 0 atom stereocenters. The summed E-state index contributed by atoms with van der Waals surface area (Å²) in [4.78, 5) is 12.2. The monoisotopic (exact) mass is 288 g/mol. The number of ether oxygens (including phenoxy) is 1. The predicted molar refractivity (Wildman–Crippen MR) is 79.9 cm³/mol. The zero-order valence-electron chi connectivity index (χ0n) is 13.0. The number of benzene rings is 1. The number of rotatable bonds is 3. The highest BCUT2D eigenvalue weighted by molar-refractivity contribution is 5.93. The van der Waals surface area contributed by atoms with Gasteiger partial charge in [0, 0.05) is 5.54 Å². The fourth-order valence-electron chi connectivity index (χ4n) is 1.91. The van der Waals surface area contributed by atoms with Crippen LogP contribution in [0, 0.1) is 6.92 Å². The highest BCUT2D eigenvalue weighted by Crippen LogP contribution is 2.17. The number of amides is 1. The van der Waals surface area contributed by atoms with Gasteiger partial charge >= 0.3 is 0 Å². The van der Waals surface area contributed by atoms with E-state index in [0.29, 0.717) is 11.4 Å². The van der Waals surface area contributed by atoms with Crippen molar-refractivity contribution in [2.24, 2.45) is 0 Å². The van der Waals surface area contributed by atoms with Crippen molar-refractivity contribution in [2.45, 2.75) is 33.2 Å². The van der Waals surface area contributed by atoms with Crippen LogP contribution < -0.4 is 10.1 Å². The quantitative estimate of drug-likeness (QED) is 0.939. The first-order valence-electron chi connectivity index (χ1n) is 6.71. The van der Waals surface area contributed by atoms with E-state index in [2.05, 4.69) is 15.6 Å². The summed E-state index contributed by atoms with van der Waals surface area (Å²) < 4.78 is 6.76. The lowest BCUT2D eigenvalue weighted by molar-refractivity contribution is 0.0913. The summed E-state index contributed by atoms with van der Waals surface area (Å²) in [5, 5.41) is 10.9. The lowest BCUT2D eigenvalue weighted by Gasteiger charge is -2.19. The number of nitrogens with zero attached hydrogens (tertiary/aromatic N) is 3. The van der Waals surface area contributed by atoms with Crippen LogP contribution in [0.2, 0.25) is 0 Å². The zero-order chi connectivity index (χ0) is 15.6. The summed E-state index contributed by atoms with van der Waals surface area (Å²) in [7, 11) is 1.62. The topological polar surface area (TPSA) is 69.0 Å².